The Morgan fingerprint density at radius 2 is 1.79 bits per heavy atom. The second-order valence-electron chi connectivity index (χ2n) is 4.91. The van der Waals surface area contributed by atoms with Gasteiger partial charge in [0, 0.05) is 11.7 Å². The number of nitrogen functional groups attached to an aromatic ring is 1. The van der Waals surface area contributed by atoms with E-state index in [0.717, 1.165) is 16.8 Å². The molecule has 0 saturated carbocycles. The van der Waals surface area contributed by atoms with Gasteiger partial charge in [0.15, 0.2) is 0 Å². The average Bonchev–Trinajstić information content (AvgIpc) is 2.07. The summed E-state index contributed by atoms with van der Waals surface area (Å²) in [5.41, 5.74) is 15.2. The maximum absolute atomic E-state index is 6.19. The largest absolute Gasteiger partial charge is 0.399 e. The second-order valence-corrected chi connectivity index (χ2v) is 4.91. The zero-order valence-electron chi connectivity index (χ0n) is 9.46. The van der Waals surface area contributed by atoms with E-state index in [1.807, 2.05) is 19.1 Å². The van der Waals surface area contributed by atoms with E-state index in [-0.39, 0.29) is 11.5 Å². The quantitative estimate of drug-likeness (QED) is 0.672. The summed E-state index contributed by atoms with van der Waals surface area (Å²) >= 11 is 0. The van der Waals surface area contributed by atoms with Crippen LogP contribution in [0.15, 0.2) is 18.2 Å². The number of rotatable bonds is 1. The molecule has 0 heterocycles. The highest BCUT2D eigenvalue weighted by Gasteiger charge is 2.23. The highest BCUT2D eigenvalue weighted by molar-refractivity contribution is 5.51. The molecule has 1 aromatic carbocycles. The molecule has 0 amide bonds. The summed E-state index contributed by atoms with van der Waals surface area (Å²) in [6, 6.07) is 5.96. The van der Waals surface area contributed by atoms with Crippen molar-refractivity contribution in [2.24, 2.45) is 11.1 Å². The first-order valence-electron chi connectivity index (χ1n) is 4.94. The number of benzene rings is 1. The van der Waals surface area contributed by atoms with Crippen LogP contribution in [0.25, 0.3) is 0 Å². The zero-order chi connectivity index (χ0) is 10.9. The van der Waals surface area contributed by atoms with E-state index in [1.54, 1.807) is 0 Å². The normalized spacial score (nSPS) is 14.1. The van der Waals surface area contributed by atoms with Crippen LogP contribution in [0.4, 0.5) is 5.69 Å². The molecule has 0 aliphatic heterocycles. The van der Waals surface area contributed by atoms with Gasteiger partial charge in [-0.05, 0) is 29.5 Å². The molecule has 14 heavy (non-hydrogen) atoms. The van der Waals surface area contributed by atoms with E-state index in [4.69, 9.17) is 11.5 Å². The molecule has 2 nitrogen and oxygen atoms in total. The average molecular weight is 192 g/mol. The smallest absolute Gasteiger partial charge is 0.0347 e. The van der Waals surface area contributed by atoms with E-state index in [0.29, 0.717) is 0 Å². The Kier molecular flexibility index (Phi) is 2.86. The van der Waals surface area contributed by atoms with Gasteiger partial charge in [-0.25, -0.2) is 0 Å². The Balaban J connectivity index is 3.14. The van der Waals surface area contributed by atoms with Crippen LogP contribution in [0, 0.1) is 12.3 Å². The number of nitrogens with two attached hydrogens (primary N) is 2. The molecule has 0 spiro atoms. The summed E-state index contributed by atoms with van der Waals surface area (Å²) in [6.07, 6.45) is 0. The monoisotopic (exact) mass is 192 g/mol. The Bertz CT molecular complexity index is 324. The molecular weight excluding hydrogens is 172 g/mol. The molecule has 0 aromatic heterocycles. The lowest BCUT2D eigenvalue weighted by Crippen LogP contribution is -2.27. The maximum Gasteiger partial charge on any atom is 0.0347 e. The minimum absolute atomic E-state index is 0.0333. The van der Waals surface area contributed by atoms with Crippen molar-refractivity contribution in [3.05, 3.63) is 29.3 Å². The number of hydrogen-bond acceptors (Lipinski definition) is 2. The second kappa shape index (κ2) is 3.62. The van der Waals surface area contributed by atoms with Crippen LogP contribution in [0.2, 0.25) is 0 Å². The van der Waals surface area contributed by atoms with Crippen LogP contribution >= 0.6 is 0 Å². The van der Waals surface area contributed by atoms with Crippen molar-refractivity contribution in [2.75, 3.05) is 5.73 Å². The van der Waals surface area contributed by atoms with E-state index in [1.165, 1.54) is 0 Å². The van der Waals surface area contributed by atoms with Crippen LogP contribution < -0.4 is 11.5 Å². The summed E-state index contributed by atoms with van der Waals surface area (Å²) in [5, 5.41) is 0. The first-order valence-corrected chi connectivity index (χ1v) is 4.94. The first kappa shape index (κ1) is 11.1. The van der Waals surface area contributed by atoms with E-state index in [2.05, 4.69) is 26.8 Å². The summed E-state index contributed by atoms with van der Waals surface area (Å²) in [4.78, 5) is 0. The van der Waals surface area contributed by atoms with Gasteiger partial charge in [-0.3, -0.25) is 0 Å². The Morgan fingerprint density at radius 1 is 1.21 bits per heavy atom. The van der Waals surface area contributed by atoms with E-state index < -0.39 is 0 Å². The van der Waals surface area contributed by atoms with Crippen LogP contribution in [0.5, 0.6) is 0 Å². The SMILES string of the molecule is Cc1c(N)cccc1[C@H](N)C(C)(C)C. The standard InChI is InChI=1S/C12H20N2/c1-8-9(6-5-7-10(8)13)11(14)12(2,3)4/h5-7,11H,13-14H2,1-4H3/t11-/m0/s1. The van der Waals surface area contributed by atoms with Crippen molar-refractivity contribution in [3.63, 3.8) is 0 Å². The van der Waals surface area contributed by atoms with Crippen molar-refractivity contribution in [1.29, 1.82) is 0 Å². The lowest BCUT2D eigenvalue weighted by atomic mass is 9.81. The molecule has 0 aliphatic carbocycles. The Labute approximate surface area is 86.3 Å². The highest BCUT2D eigenvalue weighted by atomic mass is 14.7. The molecule has 2 heteroatoms. The van der Waals surface area contributed by atoms with Crippen molar-refractivity contribution < 1.29 is 0 Å². The molecule has 1 aromatic rings. The molecule has 0 saturated heterocycles. The summed E-state index contributed by atoms with van der Waals surface area (Å²) in [7, 11) is 0. The molecule has 0 unspecified atom stereocenters. The molecule has 4 N–H and O–H groups in total. The number of anilines is 1. The fraction of sp³-hybridized carbons (Fsp3) is 0.500. The van der Waals surface area contributed by atoms with Gasteiger partial charge in [0.2, 0.25) is 0 Å². The van der Waals surface area contributed by atoms with Crippen LogP contribution in [-0.4, -0.2) is 0 Å². The van der Waals surface area contributed by atoms with Gasteiger partial charge in [0.25, 0.3) is 0 Å². The molecule has 0 fully saturated rings. The third kappa shape index (κ3) is 2.07. The summed E-state index contributed by atoms with van der Waals surface area (Å²) in [5.74, 6) is 0. The fourth-order valence-electron chi connectivity index (χ4n) is 1.48. The highest BCUT2D eigenvalue weighted by Crippen LogP contribution is 2.33. The van der Waals surface area contributed by atoms with Gasteiger partial charge in [-0.15, -0.1) is 0 Å². The third-order valence-electron chi connectivity index (χ3n) is 2.69. The van der Waals surface area contributed by atoms with Gasteiger partial charge < -0.3 is 11.5 Å². The summed E-state index contributed by atoms with van der Waals surface area (Å²) in [6.45, 7) is 8.44. The lowest BCUT2D eigenvalue weighted by molar-refractivity contribution is 0.326. The fourth-order valence-corrected chi connectivity index (χ4v) is 1.48. The van der Waals surface area contributed by atoms with E-state index >= 15 is 0 Å². The Morgan fingerprint density at radius 3 is 2.29 bits per heavy atom. The van der Waals surface area contributed by atoms with Gasteiger partial charge >= 0.3 is 0 Å². The predicted molar refractivity (Wildman–Crippen MR) is 62.0 cm³/mol. The van der Waals surface area contributed by atoms with Crippen LogP contribution in [-0.2, 0) is 0 Å². The molecule has 0 radical (unpaired) electrons. The summed E-state index contributed by atoms with van der Waals surface area (Å²) < 4.78 is 0. The van der Waals surface area contributed by atoms with Crippen LogP contribution in [0.1, 0.15) is 37.9 Å². The van der Waals surface area contributed by atoms with Crippen molar-refractivity contribution in [1.82, 2.24) is 0 Å². The molecule has 1 rings (SSSR count). The van der Waals surface area contributed by atoms with Gasteiger partial charge in [-0.1, -0.05) is 32.9 Å². The molecule has 0 bridgehead atoms. The third-order valence-corrected chi connectivity index (χ3v) is 2.69. The minimum Gasteiger partial charge on any atom is -0.399 e. The van der Waals surface area contributed by atoms with Crippen molar-refractivity contribution in [3.8, 4) is 0 Å². The minimum atomic E-state index is 0.0333. The van der Waals surface area contributed by atoms with Gasteiger partial charge in [0.05, 0.1) is 0 Å². The van der Waals surface area contributed by atoms with Crippen molar-refractivity contribution in [2.45, 2.75) is 33.7 Å². The molecule has 78 valence electrons. The van der Waals surface area contributed by atoms with Gasteiger partial charge in [0.1, 0.15) is 0 Å². The zero-order valence-corrected chi connectivity index (χ0v) is 9.46. The van der Waals surface area contributed by atoms with Gasteiger partial charge in [-0.2, -0.15) is 0 Å². The topological polar surface area (TPSA) is 52.0 Å². The maximum atomic E-state index is 6.19. The number of hydrogen-bond donors (Lipinski definition) is 2. The predicted octanol–water partition coefficient (Wildman–Crippen LogP) is 2.62. The van der Waals surface area contributed by atoms with Crippen LogP contribution in [0.3, 0.4) is 0 Å². The molecule has 0 aliphatic rings. The lowest BCUT2D eigenvalue weighted by Gasteiger charge is -2.29. The first-order chi connectivity index (χ1) is 6.34. The van der Waals surface area contributed by atoms with Crippen molar-refractivity contribution >= 4 is 5.69 Å². The van der Waals surface area contributed by atoms with E-state index in [9.17, 15) is 0 Å². The molecular formula is C12H20N2. The Hall–Kier alpha value is -1.02. The molecule has 1 atom stereocenters.